The largest absolute Gasteiger partial charge is 0.548 e. The van der Waals surface area contributed by atoms with E-state index in [0.717, 1.165) is 11.1 Å². The van der Waals surface area contributed by atoms with Crippen molar-refractivity contribution in [2.75, 3.05) is 5.32 Å². The molecule has 2 rings (SSSR count). The van der Waals surface area contributed by atoms with E-state index in [1.54, 1.807) is 24.3 Å². The van der Waals surface area contributed by atoms with Crippen LogP contribution in [0.25, 0.3) is 0 Å². The fraction of sp³-hybridized carbons (Fsp3) is 0.263. The van der Waals surface area contributed by atoms with Crippen LogP contribution >= 0.6 is 0 Å². The molecule has 2 N–H and O–H groups in total. The first kappa shape index (κ1) is 17.5. The summed E-state index contributed by atoms with van der Waals surface area (Å²) in [5, 5.41) is 16.3. The molecule has 0 aliphatic carbocycles. The molecular weight excluding hydrogens is 304 g/mol. The van der Waals surface area contributed by atoms with Gasteiger partial charge in [-0.2, -0.15) is 0 Å². The zero-order valence-electron chi connectivity index (χ0n) is 13.8. The van der Waals surface area contributed by atoms with E-state index < -0.39 is 18.0 Å². The van der Waals surface area contributed by atoms with E-state index in [0.29, 0.717) is 11.6 Å². The molecule has 1 atom stereocenters. The Labute approximate surface area is 141 Å². The second-order valence-electron chi connectivity index (χ2n) is 5.94. The number of carboxylic acids is 1. The van der Waals surface area contributed by atoms with Gasteiger partial charge < -0.3 is 20.5 Å². The lowest BCUT2D eigenvalue weighted by Crippen LogP contribution is -2.50. The van der Waals surface area contributed by atoms with E-state index >= 15 is 0 Å². The van der Waals surface area contributed by atoms with Crippen molar-refractivity contribution in [1.82, 2.24) is 5.32 Å². The SMILES string of the molecule is CC(C)c1ccc(NC(=O)N[C@@H](Cc2ccccc2)C(=O)[O-])cc1. The molecule has 0 spiro atoms. The average molecular weight is 325 g/mol. The zero-order valence-corrected chi connectivity index (χ0v) is 13.8. The summed E-state index contributed by atoms with van der Waals surface area (Å²) < 4.78 is 0. The predicted molar refractivity (Wildman–Crippen MR) is 91.6 cm³/mol. The van der Waals surface area contributed by atoms with Gasteiger partial charge in [0.05, 0.1) is 12.0 Å². The van der Waals surface area contributed by atoms with E-state index in [1.165, 1.54) is 0 Å². The number of hydrogen-bond acceptors (Lipinski definition) is 3. The minimum Gasteiger partial charge on any atom is -0.548 e. The summed E-state index contributed by atoms with van der Waals surface area (Å²) in [4.78, 5) is 23.3. The Morgan fingerprint density at radius 3 is 2.17 bits per heavy atom. The van der Waals surface area contributed by atoms with Gasteiger partial charge in [-0.15, -0.1) is 0 Å². The standard InChI is InChI=1S/C19H22N2O3/c1-13(2)15-8-10-16(11-9-15)20-19(24)21-17(18(22)23)12-14-6-4-3-5-7-14/h3-11,13,17H,12H2,1-2H3,(H,22,23)(H2,20,21,24)/p-1/t17-/m0/s1. The van der Waals surface area contributed by atoms with Crippen molar-refractivity contribution in [2.24, 2.45) is 0 Å². The maximum absolute atomic E-state index is 12.0. The van der Waals surface area contributed by atoms with Gasteiger partial charge in [-0.05, 0) is 35.6 Å². The maximum Gasteiger partial charge on any atom is 0.319 e. The van der Waals surface area contributed by atoms with Crippen molar-refractivity contribution in [1.29, 1.82) is 0 Å². The summed E-state index contributed by atoms with van der Waals surface area (Å²) in [6.07, 6.45) is 0.170. The second-order valence-corrected chi connectivity index (χ2v) is 5.94. The van der Waals surface area contributed by atoms with Gasteiger partial charge in [0.25, 0.3) is 0 Å². The molecule has 0 saturated carbocycles. The van der Waals surface area contributed by atoms with E-state index in [4.69, 9.17) is 0 Å². The first-order chi connectivity index (χ1) is 11.5. The third kappa shape index (κ3) is 5.12. The molecule has 0 unspecified atom stereocenters. The maximum atomic E-state index is 12.0. The average Bonchev–Trinajstić information content (AvgIpc) is 2.55. The number of hydrogen-bond donors (Lipinski definition) is 2. The number of carbonyl (C=O) groups is 2. The second kappa shape index (κ2) is 8.15. The first-order valence-corrected chi connectivity index (χ1v) is 7.88. The van der Waals surface area contributed by atoms with Crippen LogP contribution in [0.1, 0.15) is 30.9 Å². The third-order valence-electron chi connectivity index (χ3n) is 3.71. The lowest BCUT2D eigenvalue weighted by molar-refractivity contribution is -0.308. The molecule has 2 aromatic rings. The van der Waals surface area contributed by atoms with Crippen LogP contribution in [0, 0.1) is 0 Å². The van der Waals surface area contributed by atoms with Gasteiger partial charge in [0.1, 0.15) is 0 Å². The summed E-state index contributed by atoms with van der Waals surface area (Å²) >= 11 is 0. The van der Waals surface area contributed by atoms with Crippen LogP contribution < -0.4 is 15.7 Å². The van der Waals surface area contributed by atoms with Gasteiger partial charge in [-0.25, -0.2) is 4.79 Å². The first-order valence-electron chi connectivity index (χ1n) is 7.88. The number of carbonyl (C=O) groups excluding carboxylic acids is 2. The number of nitrogens with one attached hydrogen (secondary N) is 2. The summed E-state index contributed by atoms with van der Waals surface area (Å²) in [7, 11) is 0. The quantitative estimate of drug-likeness (QED) is 0.855. The molecule has 5 nitrogen and oxygen atoms in total. The Morgan fingerprint density at radius 2 is 1.62 bits per heavy atom. The van der Waals surface area contributed by atoms with Gasteiger partial charge >= 0.3 is 6.03 Å². The molecule has 0 radical (unpaired) electrons. The van der Waals surface area contributed by atoms with Crippen LogP contribution in [0.5, 0.6) is 0 Å². The Morgan fingerprint density at radius 1 is 1.00 bits per heavy atom. The molecule has 24 heavy (non-hydrogen) atoms. The Hall–Kier alpha value is -2.82. The Kier molecular flexibility index (Phi) is 5.95. The van der Waals surface area contributed by atoms with Crippen LogP contribution in [0.15, 0.2) is 54.6 Å². The van der Waals surface area contributed by atoms with Crippen molar-refractivity contribution in [2.45, 2.75) is 32.2 Å². The number of aliphatic carboxylic acids is 1. The molecule has 0 aliphatic rings. The number of benzene rings is 2. The van der Waals surface area contributed by atoms with Gasteiger partial charge in [0.15, 0.2) is 0 Å². The number of carboxylic acid groups (broad SMARTS) is 1. The van der Waals surface area contributed by atoms with Gasteiger partial charge in [-0.1, -0.05) is 56.3 Å². The molecule has 0 bridgehead atoms. The van der Waals surface area contributed by atoms with Crippen LogP contribution in [-0.2, 0) is 11.2 Å². The molecule has 5 heteroatoms. The van der Waals surface area contributed by atoms with Crippen LogP contribution in [0.3, 0.4) is 0 Å². The highest BCUT2D eigenvalue weighted by atomic mass is 16.4. The smallest absolute Gasteiger partial charge is 0.319 e. The highest BCUT2D eigenvalue weighted by molar-refractivity contribution is 5.92. The summed E-state index contributed by atoms with van der Waals surface area (Å²) in [6.45, 7) is 4.17. The topological polar surface area (TPSA) is 81.3 Å². The number of urea groups is 1. The molecule has 126 valence electrons. The molecule has 2 aromatic carbocycles. The predicted octanol–water partition coefficient (Wildman–Crippen LogP) is 2.29. The fourth-order valence-electron chi connectivity index (χ4n) is 2.32. The molecule has 0 aliphatic heterocycles. The van der Waals surface area contributed by atoms with E-state index in [2.05, 4.69) is 24.5 Å². The van der Waals surface area contributed by atoms with Crippen molar-refractivity contribution in [3.05, 3.63) is 65.7 Å². The lowest BCUT2D eigenvalue weighted by Gasteiger charge is -2.20. The molecule has 0 fully saturated rings. The molecular formula is C19H21N2O3-. The molecule has 0 aromatic heterocycles. The minimum absolute atomic E-state index is 0.170. The number of rotatable bonds is 6. The van der Waals surface area contributed by atoms with Crippen LogP contribution in [0.2, 0.25) is 0 Å². The van der Waals surface area contributed by atoms with E-state index in [9.17, 15) is 14.7 Å². The van der Waals surface area contributed by atoms with E-state index in [-0.39, 0.29) is 6.42 Å². The zero-order chi connectivity index (χ0) is 17.5. The Bertz CT molecular complexity index is 682. The lowest BCUT2D eigenvalue weighted by atomic mass is 10.0. The Balaban J connectivity index is 1.96. The fourth-order valence-corrected chi connectivity index (χ4v) is 2.32. The van der Waals surface area contributed by atoms with Crippen molar-refractivity contribution < 1.29 is 14.7 Å². The monoisotopic (exact) mass is 325 g/mol. The highest BCUT2D eigenvalue weighted by Gasteiger charge is 2.14. The van der Waals surface area contributed by atoms with Crippen molar-refractivity contribution in [3.63, 3.8) is 0 Å². The van der Waals surface area contributed by atoms with Crippen LogP contribution in [-0.4, -0.2) is 18.0 Å². The molecule has 2 amide bonds. The van der Waals surface area contributed by atoms with E-state index in [1.807, 2.05) is 30.3 Å². The van der Waals surface area contributed by atoms with Crippen molar-refractivity contribution in [3.8, 4) is 0 Å². The number of anilines is 1. The van der Waals surface area contributed by atoms with Crippen LogP contribution in [0.4, 0.5) is 10.5 Å². The van der Waals surface area contributed by atoms with Gasteiger partial charge in [-0.3, -0.25) is 0 Å². The van der Waals surface area contributed by atoms with Gasteiger partial charge in [0, 0.05) is 5.69 Å². The van der Waals surface area contributed by atoms with Crippen molar-refractivity contribution >= 4 is 17.7 Å². The molecule has 0 saturated heterocycles. The summed E-state index contributed by atoms with van der Waals surface area (Å²) in [5.74, 6) is -0.912. The minimum atomic E-state index is -1.32. The van der Waals surface area contributed by atoms with Gasteiger partial charge in [0.2, 0.25) is 0 Å². The normalized spacial score (nSPS) is 11.8. The molecule has 0 heterocycles. The third-order valence-corrected chi connectivity index (χ3v) is 3.71. The number of amides is 2. The summed E-state index contributed by atoms with van der Waals surface area (Å²) in [6, 6.07) is 14.9. The highest BCUT2D eigenvalue weighted by Crippen LogP contribution is 2.17. The summed E-state index contributed by atoms with van der Waals surface area (Å²) in [5.41, 5.74) is 2.58.